The second-order valence-electron chi connectivity index (χ2n) is 7.92. The Morgan fingerprint density at radius 2 is 1.62 bits per heavy atom. The van der Waals surface area contributed by atoms with E-state index in [0.717, 1.165) is 38.5 Å². The number of ketones is 2. The van der Waals surface area contributed by atoms with Crippen LogP contribution in [0.2, 0.25) is 0 Å². The number of carbonyl (C=O) groups excluding carboxylic acids is 3. The summed E-state index contributed by atoms with van der Waals surface area (Å²) in [4.78, 5) is 37.9. The van der Waals surface area contributed by atoms with Crippen LogP contribution in [0.25, 0.3) is 0 Å². The predicted molar refractivity (Wildman–Crippen MR) is 100.0 cm³/mol. The molecule has 0 saturated heterocycles. The molecule has 0 aromatic carbocycles. The molecule has 3 unspecified atom stereocenters. The van der Waals surface area contributed by atoms with Crippen molar-refractivity contribution >= 4 is 17.9 Å². The molecule has 0 bridgehead atoms. The Kier molecular flexibility index (Phi) is 11.1. The second kappa shape index (κ2) is 11.5. The van der Waals surface area contributed by atoms with E-state index in [2.05, 4.69) is 20.8 Å². The first-order valence-electron chi connectivity index (χ1n) is 9.79. The van der Waals surface area contributed by atoms with Gasteiger partial charge in [0.25, 0.3) is 0 Å². The lowest BCUT2D eigenvalue weighted by atomic mass is 9.68. The van der Waals surface area contributed by atoms with E-state index in [1.165, 1.54) is 0 Å². The van der Waals surface area contributed by atoms with Gasteiger partial charge in [0.05, 0.1) is 0 Å². The summed E-state index contributed by atoms with van der Waals surface area (Å²) < 4.78 is 0. The lowest BCUT2D eigenvalue weighted by Gasteiger charge is -2.30. The third kappa shape index (κ3) is 6.86. The van der Waals surface area contributed by atoms with Crippen LogP contribution in [0.1, 0.15) is 92.9 Å². The fourth-order valence-corrected chi connectivity index (χ4v) is 3.19. The standard InChI is InChI=1S/C21H38O3/c1-7-9-12-18(6)20(24)21(15-22,14-17(5)8-2)19(23)13-10-11-16(3)4/h15-18H,7-14H2,1-6H3. The Morgan fingerprint density at radius 3 is 2.08 bits per heavy atom. The van der Waals surface area contributed by atoms with Gasteiger partial charge in [0, 0.05) is 12.3 Å². The first-order valence-corrected chi connectivity index (χ1v) is 9.79. The molecule has 0 fully saturated rings. The summed E-state index contributed by atoms with van der Waals surface area (Å²) in [6.07, 6.45) is 6.65. The number of unbranched alkanes of at least 4 members (excludes halogenated alkanes) is 1. The van der Waals surface area contributed by atoms with E-state index in [1.807, 2.05) is 20.8 Å². The summed E-state index contributed by atoms with van der Waals surface area (Å²) in [5, 5.41) is 0. The van der Waals surface area contributed by atoms with Crippen molar-refractivity contribution in [2.75, 3.05) is 0 Å². The third-order valence-electron chi connectivity index (χ3n) is 5.13. The van der Waals surface area contributed by atoms with Crippen LogP contribution in [0.3, 0.4) is 0 Å². The Morgan fingerprint density at radius 1 is 1.00 bits per heavy atom. The first-order chi connectivity index (χ1) is 11.2. The highest BCUT2D eigenvalue weighted by Gasteiger charge is 2.46. The van der Waals surface area contributed by atoms with Crippen LogP contribution in [0.15, 0.2) is 0 Å². The van der Waals surface area contributed by atoms with Gasteiger partial charge in [-0.15, -0.1) is 0 Å². The summed E-state index contributed by atoms with van der Waals surface area (Å²) in [6, 6.07) is 0. The zero-order valence-corrected chi connectivity index (χ0v) is 16.7. The summed E-state index contributed by atoms with van der Waals surface area (Å²) in [7, 11) is 0. The minimum atomic E-state index is -1.42. The Labute approximate surface area is 149 Å². The van der Waals surface area contributed by atoms with Crippen LogP contribution < -0.4 is 0 Å². The number of Topliss-reactive ketones (excluding diaryl/α,β-unsaturated/α-hetero) is 2. The van der Waals surface area contributed by atoms with E-state index in [0.29, 0.717) is 25.0 Å². The highest BCUT2D eigenvalue weighted by Crippen LogP contribution is 2.34. The predicted octanol–water partition coefficient (Wildman–Crippen LogP) is 5.40. The smallest absolute Gasteiger partial charge is 0.156 e. The van der Waals surface area contributed by atoms with Gasteiger partial charge in [-0.05, 0) is 31.1 Å². The van der Waals surface area contributed by atoms with E-state index < -0.39 is 5.41 Å². The number of hydrogen-bond acceptors (Lipinski definition) is 3. The topological polar surface area (TPSA) is 51.2 Å². The summed E-state index contributed by atoms with van der Waals surface area (Å²) in [5.41, 5.74) is -1.42. The van der Waals surface area contributed by atoms with E-state index in [9.17, 15) is 14.4 Å². The monoisotopic (exact) mass is 338 g/mol. The molecular formula is C21H38O3. The van der Waals surface area contributed by atoms with Crippen molar-refractivity contribution in [3.05, 3.63) is 0 Å². The highest BCUT2D eigenvalue weighted by atomic mass is 16.2. The maximum Gasteiger partial charge on any atom is 0.156 e. The molecule has 0 aliphatic heterocycles. The fourth-order valence-electron chi connectivity index (χ4n) is 3.19. The minimum absolute atomic E-state index is 0.152. The molecule has 0 spiro atoms. The van der Waals surface area contributed by atoms with Crippen molar-refractivity contribution < 1.29 is 14.4 Å². The van der Waals surface area contributed by atoms with Gasteiger partial charge in [0.2, 0.25) is 0 Å². The second-order valence-corrected chi connectivity index (χ2v) is 7.92. The van der Waals surface area contributed by atoms with Crippen LogP contribution in [0, 0.1) is 23.2 Å². The SMILES string of the molecule is CCCCC(C)C(=O)C(C=O)(CC(C)CC)C(=O)CCCC(C)C. The van der Waals surface area contributed by atoms with Gasteiger partial charge in [0.1, 0.15) is 11.7 Å². The summed E-state index contributed by atoms with van der Waals surface area (Å²) in [5.74, 6) is 0.171. The molecular weight excluding hydrogens is 300 g/mol. The first kappa shape index (κ1) is 23.0. The molecule has 0 aromatic heterocycles. The van der Waals surface area contributed by atoms with Crippen LogP contribution in [0.5, 0.6) is 0 Å². The van der Waals surface area contributed by atoms with Gasteiger partial charge in [-0.3, -0.25) is 9.59 Å². The molecule has 0 amide bonds. The van der Waals surface area contributed by atoms with E-state index in [4.69, 9.17) is 0 Å². The van der Waals surface area contributed by atoms with Crippen LogP contribution in [0.4, 0.5) is 0 Å². The molecule has 0 aliphatic rings. The van der Waals surface area contributed by atoms with E-state index in [-0.39, 0.29) is 23.4 Å². The van der Waals surface area contributed by atoms with Gasteiger partial charge in [0.15, 0.2) is 11.6 Å². The van der Waals surface area contributed by atoms with Crippen molar-refractivity contribution in [1.29, 1.82) is 0 Å². The average Bonchev–Trinajstić information content (AvgIpc) is 2.56. The molecule has 3 nitrogen and oxygen atoms in total. The minimum Gasteiger partial charge on any atom is -0.302 e. The van der Waals surface area contributed by atoms with Crippen molar-refractivity contribution in [3.63, 3.8) is 0 Å². The molecule has 0 rings (SSSR count). The molecule has 140 valence electrons. The van der Waals surface area contributed by atoms with Crippen molar-refractivity contribution in [2.24, 2.45) is 23.2 Å². The summed E-state index contributed by atoms with van der Waals surface area (Å²) >= 11 is 0. The molecule has 0 aromatic rings. The van der Waals surface area contributed by atoms with Crippen LogP contribution >= 0.6 is 0 Å². The fraction of sp³-hybridized carbons (Fsp3) is 0.857. The van der Waals surface area contributed by atoms with Crippen molar-refractivity contribution in [1.82, 2.24) is 0 Å². The van der Waals surface area contributed by atoms with Gasteiger partial charge >= 0.3 is 0 Å². The maximum absolute atomic E-state index is 13.0. The molecule has 0 N–H and O–H groups in total. The Bertz CT molecular complexity index is 400. The van der Waals surface area contributed by atoms with Gasteiger partial charge in [-0.1, -0.05) is 67.2 Å². The van der Waals surface area contributed by atoms with Crippen molar-refractivity contribution in [2.45, 2.75) is 92.9 Å². The lowest BCUT2D eigenvalue weighted by molar-refractivity contribution is -0.148. The zero-order valence-electron chi connectivity index (χ0n) is 16.7. The molecule has 3 heteroatoms. The molecule has 0 heterocycles. The number of rotatable bonds is 14. The Balaban J connectivity index is 5.35. The van der Waals surface area contributed by atoms with Crippen LogP contribution in [-0.4, -0.2) is 17.9 Å². The number of hydrogen-bond donors (Lipinski definition) is 0. The van der Waals surface area contributed by atoms with E-state index >= 15 is 0 Å². The van der Waals surface area contributed by atoms with E-state index in [1.54, 1.807) is 0 Å². The van der Waals surface area contributed by atoms with Gasteiger partial charge in [-0.25, -0.2) is 0 Å². The normalized spacial score (nSPS) is 16.5. The molecule has 0 saturated carbocycles. The maximum atomic E-state index is 13.0. The van der Waals surface area contributed by atoms with Crippen molar-refractivity contribution in [3.8, 4) is 0 Å². The molecule has 24 heavy (non-hydrogen) atoms. The lowest BCUT2D eigenvalue weighted by Crippen LogP contribution is -2.45. The van der Waals surface area contributed by atoms with Gasteiger partial charge < -0.3 is 4.79 Å². The zero-order chi connectivity index (χ0) is 18.8. The average molecular weight is 339 g/mol. The number of carbonyl (C=O) groups is 3. The summed E-state index contributed by atoms with van der Waals surface area (Å²) in [6.45, 7) is 12.2. The third-order valence-corrected chi connectivity index (χ3v) is 5.13. The Hall–Kier alpha value is -0.990. The molecule has 3 atom stereocenters. The molecule has 0 aliphatic carbocycles. The quantitative estimate of drug-likeness (QED) is 0.315. The van der Waals surface area contributed by atoms with Gasteiger partial charge in [-0.2, -0.15) is 0 Å². The molecule has 0 radical (unpaired) electrons. The largest absolute Gasteiger partial charge is 0.302 e. The highest BCUT2D eigenvalue weighted by molar-refractivity contribution is 6.19. The number of aldehydes is 1. The van der Waals surface area contributed by atoms with Crippen LogP contribution in [-0.2, 0) is 14.4 Å².